The number of aliphatic hydroxyl groups excluding tert-OH is 1. The molecule has 0 bridgehead atoms. The van der Waals surface area contributed by atoms with Crippen molar-refractivity contribution in [3.63, 3.8) is 0 Å². The summed E-state index contributed by atoms with van der Waals surface area (Å²) in [6.45, 7) is -0.135. The van der Waals surface area contributed by atoms with Gasteiger partial charge in [0.15, 0.2) is 23.1 Å². The molecule has 0 saturated carbocycles. The van der Waals surface area contributed by atoms with Crippen LogP contribution in [0.15, 0.2) is 6.07 Å². The lowest BCUT2D eigenvalue weighted by Gasteiger charge is -2.18. The summed E-state index contributed by atoms with van der Waals surface area (Å²) in [7, 11) is 4.09. The molecule has 0 fully saturated rings. The summed E-state index contributed by atoms with van der Waals surface area (Å²) < 4.78 is 28.9. The molecule has 0 heterocycles. The fraction of sp³-hybridized carbons (Fsp3) is 0.455. The first-order valence-electron chi connectivity index (χ1n) is 4.97. The number of nitrogens with two attached hydrogens (primary N) is 1. The van der Waals surface area contributed by atoms with Gasteiger partial charge in [-0.1, -0.05) is 0 Å². The van der Waals surface area contributed by atoms with E-state index in [1.165, 1.54) is 27.4 Å². The van der Waals surface area contributed by atoms with Crippen LogP contribution in [0.25, 0.3) is 0 Å². The quantitative estimate of drug-likeness (QED) is 0.804. The van der Waals surface area contributed by atoms with E-state index in [2.05, 4.69) is 0 Å². The summed E-state index contributed by atoms with van der Waals surface area (Å²) >= 11 is 0. The van der Waals surface area contributed by atoms with E-state index in [9.17, 15) is 9.50 Å². The second kappa shape index (κ2) is 5.70. The maximum Gasteiger partial charge on any atom is 0.174 e. The zero-order valence-electron chi connectivity index (χ0n) is 9.99. The SMILES string of the molecule is COc1cc(OC)c(OC)c(C(O)CN)c1F. The highest BCUT2D eigenvalue weighted by Crippen LogP contribution is 2.41. The lowest BCUT2D eigenvalue weighted by molar-refractivity contribution is 0.174. The average molecular weight is 245 g/mol. The summed E-state index contributed by atoms with van der Waals surface area (Å²) in [5.74, 6) is -0.356. The van der Waals surface area contributed by atoms with Gasteiger partial charge in [-0.3, -0.25) is 0 Å². The summed E-state index contributed by atoms with van der Waals surface area (Å²) in [5, 5.41) is 9.71. The largest absolute Gasteiger partial charge is 0.494 e. The molecule has 0 spiro atoms. The monoisotopic (exact) mass is 245 g/mol. The van der Waals surface area contributed by atoms with Gasteiger partial charge >= 0.3 is 0 Å². The van der Waals surface area contributed by atoms with E-state index in [1.807, 2.05) is 0 Å². The van der Waals surface area contributed by atoms with E-state index in [0.29, 0.717) is 0 Å². The Hall–Kier alpha value is -1.53. The van der Waals surface area contributed by atoms with Crippen molar-refractivity contribution in [3.05, 3.63) is 17.4 Å². The van der Waals surface area contributed by atoms with Gasteiger partial charge in [0.25, 0.3) is 0 Å². The van der Waals surface area contributed by atoms with Crippen molar-refractivity contribution >= 4 is 0 Å². The Balaban J connectivity index is 3.49. The smallest absolute Gasteiger partial charge is 0.174 e. The Morgan fingerprint density at radius 1 is 1.24 bits per heavy atom. The zero-order valence-corrected chi connectivity index (χ0v) is 9.99. The highest BCUT2D eigenvalue weighted by Gasteiger charge is 2.25. The third-order valence-electron chi connectivity index (χ3n) is 2.38. The average Bonchev–Trinajstić information content (AvgIpc) is 2.36. The van der Waals surface area contributed by atoms with Crippen LogP contribution in [0.1, 0.15) is 11.7 Å². The van der Waals surface area contributed by atoms with E-state index in [0.717, 1.165) is 0 Å². The minimum atomic E-state index is -1.19. The number of ether oxygens (including phenoxy) is 3. The Kier molecular flexibility index (Phi) is 4.53. The van der Waals surface area contributed by atoms with Gasteiger partial charge in [0, 0.05) is 12.6 Å². The van der Waals surface area contributed by atoms with Crippen LogP contribution >= 0.6 is 0 Å². The molecule has 5 nitrogen and oxygen atoms in total. The predicted octanol–water partition coefficient (Wildman–Crippen LogP) is 0.844. The fourth-order valence-electron chi connectivity index (χ4n) is 1.54. The lowest BCUT2D eigenvalue weighted by atomic mass is 10.1. The van der Waals surface area contributed by atoms with Crippen LogP contribution in [0.2, 0.25) is 0 Å². The van der Waals surface area contributed by atoms with E-state index < -0.39 is 11.9 Å². The normalized spacial score (nSPS) is 12.1. The molecule has 1 atom stereocenters. The van der Waals surface area contributed by atoms with Gasteiger partial charge in [-0.2, -0.15) is 0 Å². The second-order valence-corrected chi connectivity index (χ2v) is 3.29. The number of rotatable bonds is 5. The molecule has 0 aromatic heterocycles. The van der Waals surface area contributed by atoms with Gasteiger partial charge in [-0.25, -0.2) is 4.39 Å². The first-order valence-corrected chi connectivity index (χ1v) is 4.97. The Morgan fingerprint density at radius 3 is 2.24 bits per heavy atom. The van der Waals surface area contributed by atoms with Crippen molar-refractivity contribution in [1.82, 2.24) is 0 Å². The molecule has 0 aliphatic carbocycles. The molecule has 17 heavy (non-hydrogen) atoms. The summed E-state index contributed by atoms with van der Waals surface area (Å²) in [6, 6.07) is 1.35. The van der Waals surface area contributed by atoms with Crippen LogP contribution in [0.5, 0.6) is 17.2 Å². The molecule has 6 heteroatoms. The van der Waals surface area contributed by atoms with Crippen molar-refractivity contribution in [3.8, 4) is 17.2 Å². The van der Waals surface area contributed by atoms with Gasteiger partial charge in [0.1, 0.15) is 0 Å². The van der Waals surface area contributed by atoms with Gasteiger partial charge in [0.05, 0.1) is 33.0 Å². The van der Waals surface area contributed by atoms with Crippen LogP contribution < -0.4 is 19.9 Å². The lowest BCUT2D eigenvalue weighted by Crippen LogP contribution is -2.15. The molecule has 1 aromatic rings. The van der Waals surface area contributed by atoms with E-state index in [4.69, 9.17) is 19.9 Å². The Labute approximate surface area is 98.9 Å². The van der Waals surface area contributed by atoms with Crippen LogP contribution in [-0.4, -0.2) is 33.0 Å². The molecule has 96 valence electrons. The van der Waals surface area contributed by atoms with Crippen molar-refractivity contribution in [2.45, 2.75) is 6.10 Å². The van der Waals surface area contributed by atoms with Crippen LogP contribution in [0.4, 0.5) is 4.39 Å². The zero-order chi connectivity index (χ0) is 13.0. The van der Waals surface area contributed by atoms with Gasteiger partial charge < -0.3 is 25.1 Å². The summed E-state index contributed by atoms with van der Waals surface area (Å²) in [4.78, 5) is 0. The molecule has 0 amide bonds. The van der Waals surface area contributed by atoms with Crippen LogP contribution in [-0.2, 0) is 0 Å². The van der Waals surface area contributed by atoms with E-state index >= 15 is 0 Å². The van der Waals surface area contributed by atoms with Crippen molar-refractivity contribution in [2.24, 2.45) is 5.73 Å². The second-order valence-electron chi connectivity index (χ2n) is 3.29. The molecule has 1 unspecified atom stereocenters. The fourth-order valence-corrected chi connectivity index (χ4v) is 1.54. The standard InChI is InChI=1S/C11H16FNO4/c1-15-7-4-8(16-2)11(17-3)9(10(7)12)6(14)5-13/h4,6,14H,5,13H2,1-3H3. The molecule has 3 N–H and O–H groups in total. The maximum atomic E-state index is 14.0. The van der Waals surface area contributed by atoms with Crippen molar-refractivity contribution < 1.29 is 23.7 Å². The van der Waals surface area contributed by atoms with E-state index in [1.54, 1.807) is 0 Å². The number of halogens is 1. The Bertz CT molecular complexity index is 398. The highest BCUT2D eigenvalue weighted by molar-refractivity contribution is 5.53. The molecule has 0 radical (unpaired) electrons. The molecule has 0 aliphatic heterocycles. The maximum absolute atomic E-state index is 14.0. The number of hydrogen-bond acceptors (Lipinski definition) is 5. The van der Waals surface area contributed by atoms with Crippen molar-refractivity contribution in [2.75, 3.05) is 27.9 Å². The molecule has 0 aliphatic rings. The minimum Gasteiger partial charge on any atom is -0.494 e. The van der Waals surface area contributed by atoms with Gasteiger partial charge in [-0.05, 0) is 0 Å². The molecular weight excluding hydrogens is 229 g/mol. The summed E-state index contributed by atoms with van der Waals surface area (Å²) in [6.07, 6.45) is -1.19. The molecule has 1 rings (SSSR count). The molecule has 1 aromatic carbocycles. The van der Waals surface area contributed by atoms with Gasteiger partial charge in [-0.15, -0.1) is 0 Å². The highest BCUT2D eigenvalue weighted by atomic mass is 19.1. The number of methoxy groups -OCH3 is 3. The number of aliphatic hydroxyl groups is 1. The number of benzene rings is 1. The van der Waals surface area contributed by atoms with Crippen LogP contribution in [0.3, 0.4) is 0 Å². The molecular formula is C11H16FNO4. The topological polar surface area (TPSA) is 73.9 Å². The Morgan fingerprint density at radius 2 is 1.82 bits per heavy atom. The van der Waals surface area contributed by atoms with E-state index in [-0.39, 0.29) is 29.4 Å². The summed E-state index contributed by atoms with van der Waals surface area (Å²) in [5.41, 5.74) is 5.26. The van der Waals surface area contributed by atoms with Gasteiger partial charge in [0.2, 0.25) is 0 Å². The molecule has 0 saturated heterocycles. The first-order chi connectivity index (χ1) is 8.10. The van der Waals surface area contributed by atoms with Crippen molar-refractivity contribution in [1.29, 1.82) is 0 Å². The third-order valence-corrected chi connectivity index (χ3v) is 2.38. The number of hydrogen-bond donors (Lipinski definition) is 2. The predicted molar refractivity (Wildman–Crippen MR) is 60.1 cm³/mol. The van der Waals surface area contributed by atoms with Crippen LogP contribution in [0, 0.1) is 5.82 Å². The third kappa shape index (κ3) is 2.42. The minimum absolute atomic E-state index is 0.0369. The first kappa shape index (κ1) is 13.5.